The summed E-state index contributed by atoms with van der Waals surface area (Å²) in [6.07, 6.45) is 1.64. The summed E-state index contributed by atoms with van der Waals surface area (Å²) in [6, 6.07) is 15.5. The Morgan fingerprint density at radius 1 is 1.17 bits per heavy atom. The van der Waals surface area contributed by atoms with Crippen molar-refractivity contribution in [2.24, 2.45) is 5.10 Å². The number of anilines is 1. The Hall–Kier alpha value is -3.39. The monoisotopic (exact) mass is 411 g/mol. The molecule has 0 saturated heterocycles. The Labute approximate surface area is 173 Å². The second-order valence-electron chi connectivity index (χ2n) is 5.98. The Bertz CT molecular complexity index is 1000. The summed E-state index contributed by atoms with van der Waals surface area (Å²) < 4.78 is 16.0. The molecule has 0 radical (unpaired) electrons. The van der Waals surface area contributed by atoms with E-state index in [1.807, 2.05) is 48.5 Å². The minimum Gasteiger partial charge on any atom is -0.493 e. The van der Waals surface area contributed by atoms with Gasteiger partial charge in [0.15, 0.2) is 11.5 Å². The van der Waals surface area contributed by atoms with E-state index in [9.17, 15) is 4.79 Å². The van der Waals surface area contributed by atoms with Crippen LogP contribution in [0, 0.1) is 6.92 Å². The van der Waals surface area contributed by atoms with Crippen molar-refractivity contribution in [3.05, 3.63) is 70.2 Å². The number of hydrogen-bond acceptors (Lipinski definition) is 8. The number of methoxy groups -OCH3 is 2. The van der Waals surface area contributed by atoms with Crippen molar-refractivity contribution in [3.63, 3.8) is 0 Å². The number of aryl methyl sites for hydroxylation is 1. The van der Waals surface area contributed by atoms with E-state index in [0.717, 1.165) is 11.1 Å². The highest BCUT2D eigenvalue weighted by molar-refractivity contribution is 7.17. The maximum absolute atomic E-state index is 11.6. The van der Waals surface area contributed by atoms with Crippen LogP contribution in [-0.4, -0.2) is 31.4 Å². The van der Waals surface area contributed by atoms with Gasteiger partial charge in [0.05, 0.1) is 26.1 Å². The molecule has 1 aromatic heterocycles. The van der Waals surface area contributed by atoms with Crippen molar-refractivity contribution in [2.45, 2.75) is 13.5 Å². The van der Waals surface area contributed by atoms with Gasteiger partial charge in [-0.2, -0.15) is 5.10 Å². The molecule has 3 aromatic rings. The van der Waals surface area contributed by atoms with Gasteiger partial charge in [-0.15, -0.1) is 0 Å². The second-order valence-corrected chi connectivity index (χ2v) is 6.98. The van der Waals surface area contributed by atoms with Crippen molar-refractivity contribution in [3.8, 4) is 11.5 Å². The van der Waals surface area contributed by atoms with Gasteiger partial charge in [0.1, 0.15) is 11.5 Å². The van der Waals surface area contributed by atoms with Gasteiger partial charge in [0, 0.05) is 0 Å². The maximum atomic E-state index is 11.6. The van der Waals surface area contributed by atoms with Crippen molar-refractivity contribution in [1.29, 1.82) is 0 Å². The molecule has 0 aliphatic rings. The van der Waals surface area contributed by atoms with Crippen LogP contribution in [0.25, 0.3) is 0 Å². The van der Waals surface area contributed by atoms with Crippen molar-refractivity contribution < 1.29 is 19.0 Å². The Balaban J connectivity index is 1.64. The van der Waals surface area contributed by atoms with Crippen molar-refractivity contribution in [1.82, 2.24) is 4.98 Å². The van der Waals surface area contributed by atoms with Crippen LogP contribution in [-0.2, 0) is 11.3 Å². The number of benzene rings is 2. The Kier molecular flexibility index (Phi) is 6.80. The van der Waals surface area contributed by atoms with Crippen LogP contribution in [0.1, 0.15) is 26.5 Å². The lowest BCUT2D eigenvalue weighted by Gasteiger charge is -2.11. The zero-order chi connectivity index (χ0) is 20.6. The van der Waals surface area contributed by atoms with E-state index in [-0.39, 0.29) is 0 Å². The Morgan fingerprint density at radius 2 is 1.97 bits per heavy atom. The normalized spacial score (nSPS) is 10.7. The molecular formula is C21H21N3O4S. The first-order valence-corrected chi connectivity index (χ1v) is 9.62. The summed E-state index contributed by atoms with van der Waals surface area (Å²) in [5.74, 6) is 0.857. The number of carbonyl (C=O) groups is 1. The van der Waals surface area contributed by atoms with E-state index in [1.54, 1.807) is 20.2 Å². The summed E-state index contributed by atoms with van der Waals surface area (Å²) in [7, 11) is 2.93. The first-order valence-electron chi connectivity index (χ1n) is 8.80. The van der Waals surface area contributed by atoms with Gasteiger partial charge in [-0.25, -0.2) is 9.78 Å². The number of nitrogens with zero attached hydrogens (tertiary/aromatic N) is 2. The third-order valence-electron chi connectivity index (χ3n) is 3.97. The van der Waals surface area contributed by atoms with Crippen LogP contribution in [0.4, 0.5) is 5.13 Å². The largest absolute Gasteiger partial charge is 0.493 e. The minimum atomic E-state index is -0.409. The SMILES string of the molecule is COC(=O)c1sc(N/N=C\c2ccc(OCc3ccccc3)c(OC)c2)nc1C. The number of hydrogen-bond donors (Lipinski definition) is 1. The first kappa shape index (κ1) is 20.3. The van der Waals surface area contributed by atoms with E-state index in [2.05, 4.69) is 15.5 Å². The molecule has 29 heavy (non-hydrogen) atoms. The highest BCUT2D eigenvalue weighted by atomic mass is 32.1. The lowest BCUT2D eigenvalue weighted by molar-refractivity contribution is 0.0605. The highest BCUT2D eigenvalue weighted by Crippen LogP contribution is 2.28. The quantitative estimate of drug-likeness (QED) is 0.339. The number of ether oxygens (including phenoxy) is 3. The third kappa shape index (κ3) is 5.32. The molecule has 1 N–H and O–H groups in total. The minimum absolute atomic E-state index is 0.409. The number of esters is 1. The van der Waals surface area contributed by atoms with Crippen LogP contribution in [0.2, 0.25) is 0 Å². The van der Waals surface area contributed by atoms with Gasteiger partial charge in [-0.3, -0.25) is 5.43 Å². The average Bonchev–Trinajstić information content (AvgIpc) is 3.13. The molecular weight excluding hydrogens is 390 g/mol. The lowest BCUT2D eigenvalue weighted by atomic mass is 10.2. The van der Waals surface area contributed by atoms with E-state index < -0.39 is 5.97 Å². The van der Waals surface area contributed by atoms with Gasteiger partial charge in [0.25, 0.3) is 0 Å². The molecule has 3 rings (SSSR count). The molecule has 0 amide bonds. The zero-order valence-corrected chi connectivity index (χ0v) is 17.2. The zero-order valence-electron chi connectivity index (χ0n) is 16.3. The molecule has 8 heteroatoms. The Morgan fingerprint density at radius 3 is 2.69 bits per heavy atom. The molecule has 2 aromatic carbocycles. The summed E-state index contributed by atoms with van der Waals surface area (Å²) in [4.78, 5) is 16.4. The number of carbonyl (C=O) groups excluding carboxylic acids is 1. The van der Waals surface area contributed by atoms with E-state index >= 15 is 0 Å². The first-order chi connectivity index (χ1) is 14.1. The van der Waals surface area contributed by atoms with E-state index in [4.69, 9.17) is 14.2 Å². The average molecular weight is 411 g/mol. The van der Waals surface area contributed by atoms with Crippen molar-refractivity contribution >= 4 is 28.7 Å². The van der Waals surface area contributed by atoms with Crippen molar-refractivity contribution in [2.75, 3.05) is 19.6 Å². The number of hydrazone groups is 1. The molecule has 7 nitrogen and oxygen atoms in total. The van der Waals surface area contributed by atoms with Gasteiger partial charge in [-0.05, 0) is 36.2 Å². The molecule has 0 bridgehead atoms. The lowest BCUT2D eigenvalue weighted by Crippen LogP contribution is -1.99. The van der Waals surface area contributed by atoms with Crippen LogP contribution in [0.5, 0.6) is 11.5 Å². The van der Waals surface area contributed by atoms with Crippen LogP contribution in [0.15, 0.2) is 53.6 Å². The maximum Gasteiger partial charge on any atom is 0.350 e. The second kappa shape index (κ2) is 9.70. The number of rotatable bonds is 8. The van der Waals surface area contributed by atoms with Crippen LogP contribution in [0.3, 0.4) is 0 Å². The predicted octanol–water partition coefficient (Wildman–Crippen LogP) is 4.27. The van der Waals surface area contributed by atoms with E-state index in [0.29, 0.717) is 33.8 Å². The smallest absolute Gasteiger partial charge is 0.350 e. The fourth-order valence-corrected chi connectivity index (χ4v) is 3.34. The van der Waals surface area contributed by atoms with Gasteiger partial charge in [-0.1, -0.05) is 41.7 Å². The third-order valence-corrected chi connectivity index (χ3v) is 5.01. The number of thiazole rings is 1. The molecule has 0 spiro atoms. The standard InChI is InChI=1S/C21H21N3O4S/c1-14-19(20(25)27-3)29-21(23-14)24-22-12-16-9-10-17(18(11-16)26-2)28-13-15-7-5-4-6-8-15/h4-12H,13H2,1-3H3,(H,23,24)/b22-12-. The van der Waals surface area contributed by atoms with Crippen LogP contribution < -0.4 is 14.9 Å². The summed E-state index contributed by atoms with van der Waals surface area (Å²) in [5.41, 5.74) is 5.33. The summed E-state index contributed by atoms with van der Waals surface area (Å²) in [6.45, 7) is 2.20. The summed E-state index contributed by atoms with van der Waals surface area (Å²) >= 11 is 1.19. The topological polar surface area (TPSA) is 82.0 Å². The fourth-order valence-electron chi connectivity index (χ4n) is 2.51. The fraction of sp³-hybridized carbons (Fsp3) is 0.190. The highest BCUT2D eigenvalue weighted by Gasteiger charge is 2.15. The predicted molar refractivity (Wildman–Crippen MR) is 113 cm³/mol. The van der Waals surface area contributed by atoms with E-state index in [1.165, 1.54) is 18.4 Å². The van der Waals surface area contributed by atoms with Crippen LogP contribution >= 0.6 is 11.3 Å². The molecule has 150 valence electrons. The molecule has 1 heterocycles. The number of nitrogens with one attached hydrogen (secondary N) is 1. The molecule has 0 fully saturated rings. The molecule has 0 aliphatic carbocycles. The molecule has 0 atom stereocenters. The van der Waals surface area contributed by atoms with Gasteiger partial charge in [0.2, 0.25) is 5.13 Å². The van der Waals surface area contributed by atoms with Gasteiger partial charge < -0.3 is 14.2 Å². The van der Waals surface area contributed by atoms with Gasteiger partial charge >= 0.3 is 5.97 Å². The number of aromatic nitrogens is 1. The summed E-state index contributed by atoms with van der Waals surface area (Å²) in [5, 5.41) is 4.68. The molecule has 0 unspecified atom stereocenters. The molecule has 0 saturated carbocycles. The molecule has 0 aliphatic heterocycles.